The van der Waals surface area contributed by atoms with Crippen molar-refractivity contribution in [1.82, 2.24) is 4.98 Å². The smallest absolute Gasteiger partial charge is 0.339 e. The quantitative estimate of drug-likeness (QED) is 0.928. The molecular formula is C15H12N2O4. The van der Waals surface area contributed by atoms with Crippen molar-refractivity contribution in [2.75, 3.05) is 7.11 Å². The molecule has 0 amide bonds. The van der Waals surface area contributed by atoms with E-state index in [1.807, 2.05) is 6.07 Å². The highest BCUT2D eigenvalue weighted by molar-refractivity contribution is 5.92. The average molecular weight is 284 g/mol. The van der Waals surface area contributed by atoms with Crippen LogP contribution < -0.4 is 9.47 Å². The number of carboxylic acids is 1. The largest absolute Gasteiger partial charge is 0.493 e. The first-order valence-electron chi connectivity index (χ1n) is 6.02. The number of aryl methyl sites for hydroxylation is 1. The van der Waals surface area contributed by atoms with Crippen LogP contribution in [0.4, 0.5) is 0 Å². The van der Waals surface area contributed by atoms with Gasteiger partial charge in [-0.2, -0.15) is 5.26 Å². The number of ether oxygens (including phenoxy) is 2. The van der Waals surface area contributed by atoms with Crippen molar-refractivity contribution >= 4 is 5.97 Å². The number of nitrogens with zero attached hydrogens (tertiary/aromatic N) is 2. The molecule has 106 valence electrons. The van der Waals surface area contributed by atoms with E-state index in [2.05, 4.69) is 4.98 Å². The second-order valence-corrected chi connectivity index (χ2v) is 4.16. The molecule has 0 saturated carbocycles. The molecule has 6 heteroatoms. The summed E-state index contributed by atoms with van der Waals surface area (Å²) < 4.78 is 10.7. The lowest BCUT2D eigenvalue weighted by molar-refractivity contribution is 0.0693. The van der Waals surface area contributed by atoms with Crippen molar-refractivity contribution in [3.63, 3.8) is 0 Å². The van der Waals surface area contributed by atoms with Gasteiger partial charge in [-0.1, -0.05) is 6.07 Å². The molecule has 1 aromatic heterocycles. The molecule has 0 aliphatic heterocycles. The number of rotatable bonds is 4. The number of benzene rings is 1. The summed E-state index contributed by atoms with van der Waals surface area (Å²) in [4.78, 5) is 15.4. The minimum atomic E-state index is -1.16. The third-order valence-electron chi connectivity index (χ3n) is 2.75. The number of nitriles is 1. The van der Waals surface area contributed by atoms with Crippen LogP contribution in [0.3, 0.4) is 0 Å². The third kappa shape index (κ3) is 2.92. The van der Waals surface area contributed by atoms with Gasteiger partial charge in [0, 0.05) is 5.69 Å². The number of carbonyl (C=O) groups is 1. The summed E-state index contributed by atoms with van der Waals surface area (Å²) >= 11 is 0. The lowest BCUT2D eigenvalue weighted by Gasteiger charge is -2.13. The zero-order chi connectivity index (χ0) is 15.4. The van der Waals surface area contributed by atoms with E-state index in [0.717, 1.165) is 0 Å². The van der Waals surface area contributed by atoms with Gasteiger partial charge in [0.25, 0.3) is 0 Å². The van der Waals surface area contributed by atoms with Crippen molar-refractivity contribution in [2.45, 2.75) is 6.92 Å². The summed E-state index contributed by atoms with van der Waals surface area (Å²) in [5.41, 5.74) is 0.792. The Morgan fingerprint density at radius 2 is 2.10 bits per heavy atom. The van der Waals surface area contributed by atoms with E-state index in [1.165, 1.54) is 13.2 Å². The van der Waals surface area contributed by atoms with Gasteiger partial charge in [0.05, 0.1) is 7.11 Å². The van der Waals surface area contributed by atoms with Crippen LogP contribution in [0.15, 0.2) is 30.3 Å². The standard InChI is InChI=1S/C15H12N2O4/c1-9-6-7-10(8-16)14(17-9)21-13-11(15(18)19)4-3-5-12(13)20-2/h3-7H,1-2H3,(H,18,19). The molecule has 1 heterocycles. The fourth-order valence-corrected chi connectivity index (χ4v) is 1.74. The van der Waals surface area contributed by atoms with Crippen LogP contribution >= 0.6 is 0 Å². The van der Waals surface area contributed by atoms with Crippen LogP contribution in [0.2, 0.25) is 0 Å². The SMILES string of the molecule is COc1cccc(C(=O)O)c1Oc1nc(C)ccc1C#N. The first-order valence-corrected chi connectivity index (χ1v) is 6.02. The predicted octanol–water partition coefficient (Wildman–Crippen LogP) is 2.76. The first-order chi connectivity index (χ1) is 10.1. The highest BCUT2D eigenvalue weighted by atomic mass is 16.5. The van der Waals surface area contributed by atoms with Crippen molar-refractivity contribution in [1.29, 1.82) is 5.26 Å². The predicted molar refractivity (Wildman–Crippen MR) is 73.7 cm³/mol. The minimum Gasteiger partial charge on any atom is -0.493 e. The van der Waals surface area contributed by atoms with Gasteiger partial charge in [-0.05, 0) is 31.2 Å². The average Bonchev–Trinajstić information content (AvgIpc) is 2.47. The number of methoxy groups -OCH3 is 1. The van der Waals surface area contributed by atoms with Gasteiger partial charge in [-0.3, -0.25) is 0 Å². The van der Waals surface area contributed by atoms with Gasteiger partial charge < -0.3 is 14.6 Å². The first kappa shape index (κ1) is 14.3. The zero-order valence-electron chi connectivity index (χ0n) is 11.5. The maximum atomic E-state index is 11.3. The fourth-order valence-electron chi connectivity index (χ4n) is 1.74. The Labute approximate surface area is 121 Å². The summed E-state index contributed by atoms with van der Waals surface area (Å²) in [6.07, 6.45) is 0. The molecule has 2 rings (SSSR count). The Balaban J connectivity index is 2.56. The minimum absolute atomic E-state index is 0.0158. The molecule has 1 aromatic carbocycles. The molecule has 21 heavy (non-hydrogen) atoms. The number of para-hydroxylation sites is 1. The highest BCUT2D eigenvalue weighted by Crippen LogP contribution is 2.35. The molecule has 0 atom stereocenters. The van der Waals surface area contributed by atoms with E-state index >= 15 is 0 Å². The summed E-state index contributed by atoms with van der Waals surface area (Å²) in [5, 5.41) is 18.3. The van der Waals surface area contributed by atoms with Crippen molar-refractivity contribution in [2.24, 2.45) is 0 Å². The Morgan fingerprint density at radius 3 is 2.71 bits per heavy atom. The number of aromatic carboxylic acids is 1. The van der Waals surface area contributed by atoms with Crippen LogP contribution in [0, 0.1) is 18.3 Å². The Bertz CT molecular complexity index is 735. The van der Waals surface area contributed by atoms with Crippen molar-refractivity contribution in [3.8, 4) is 23.4 Å². The normalized spacial score (nSPS) is 9.76. The number of hydrogen-bond donors (Lipinski definition) is 1. The van der Waals surface area contributed by atoms with E-state index in [-0.39, 0.29) is 28.5 Å². The van der Waals surface area contributed by atoms with Gasteiger partial charge in [-0.15, -0.1) is 0 Å². The maximum absolute atomic E-state index is 11.3. The number of pyridine rings is 1. The van der Waals surface area contributed by atoms with Crippen LogP contribution in [0.1, 0.15) is 21.6 Å². The molecular weight excluding hydrogens is 272 g/mol. The summed E-state index contributed by atoms with van der Waals surface area (Å²) in [5.74, 6) is -0.844. The molecule has 0 unspecified atom stereocenters. The molecule has 0 radical (unpaired) electrons. The van der Waals surface area contributed by atoms with Crippen LogP contribution in [0.5, 0.6) is 17.4 Å². The van der Waals surface area contributed by atoms with Gasteiger partial charge in [0.1, 0.15) is 17.2 Å². The molecule has 0 spiro atoms. The van der Waals surface area contributed by atoms with E-state index in [0.29, 0.717) is 5.69 Å². The Morgan fingerprint density at radius 1 is 1.33 bits per heavy atom. The molecule has 2 aromatic rings. The van der Waals surface area contributed by atoms with E-state index < -0.39 is 5.97 Å². The molecule has 0 aliphatic carbocycles. The van der Waals surface area contributed by atoms with Crippen LogP contribution in [0.25, 0.3) is 0 Å². The van der Waals surface area contributed by atoms with E-state index in [4.69, 9.17) is 14.7 Å². The number of carboxylic acid groups (broad SMARTS) is 1. The second-order valence-electron chi connectivity index (χ2n) is 4.16. The van der Waals surface area contributed by atoms with Gasteiger partial charge in [-0.25, -0.2) is 9.78 Å². The summed E-state index contributed by atoms with van der Waals surface area (Å²) in [6.45, 7) is 1.74. The number of hydrogen-bond acceptors (Lipinski definition) is 5. The summed E-state index contributed by atoms with van der Waals surface area (Å²) in [6, 6.07) is 9.70. The molecule has 6 nitrogen and oxygen atoms in total. The summed E-state index contributed by atoms with van der Waals surface area (Å²) in [7, 11) is 1.41. The molecule has 0 bridgehead atoms. The lowest BCUT2D eigenvalue weighted by Crippen LogP contribution is -2.03. The van der Waals surface area contributed by atoms with Crippen molar-refractivity contribution < 1.29 is 19.4 Å². The molecule has 0 fully saturated rings. The highest BCUT2D eigenvalue weighted by Gasteiger charge is 2.19. The van der Waals surface area contributed by atoms with E-state index in [1.54, 1.807) is 31.2 Å². The lowest BCUT2D eigenvalue weighted by atomic mass is 10.2. The van der Waals surface area contributed by atoms with Crippen molar-refractivity contribution in [3.05, 3.63) is 47.2 Å². The second kappa shape index (κ2) is 5.92. The maximum Gasteiger partial charge on any atom is 0.339 e. The Kier molecular flexibility index (Phi) is 4.05. The van der Waals surface area contributed by atoms with Gasteiger partial charge in [0.2, 0.25) is 5.88 Å². The third-order valence-corrected chi connectivity index (χ3v) is 2.75. The fraction of sp³-hybridized carbons (Fsp3) is 0.133. The number of aromatic nitrogens is 1. The van der Waals surface area contributed by atoms with Gasteiger partial charge in [0.15, 0.2) is 11.5 Å². The monoisotopic (exact) mass is 284 g/mol. The van der Waals surface area contributed by atoms with Gasteiger partial charge >= 0.3 is 5.97 Å². The zero-order valence-corrected chi connectivity index (χ0v) is 11.5. The van der Waals surface area contributed by atoms with E-state index in [9.17, 15) is 9.90 Å². The Hall–Kier alpha value is -3.07. The van der Waals surface area contributed by atoms with Crippen LogP contribution in [-0.4, -0.2) is 23.2 Å². The van der Waals surface area contributed by atoms with Crippen LogP contribution in [-0.2, 0) is 0 Å². The molecule has 1 N–H and O–H groups in total. The molecule has 0 aliphatic rings. The topological polar surface area (TPSA) is 92.4 Å². The molecule has 0 saturated heterocycles.